The minimum atomic E-state index is -0.972. The minimum Gasteiger partial charge on any atom is -0.371 e. The predicted octanol–water partition coefficient (Wildman–Crippen LogP) is 3.10. The molecule has 4 fully saturated rings. The molecule has 4 aromatic rings. The standard InChI is InChI=1S/C41H47N11O5/c1-24-4-2-6-30(46-24)38(54)47-27-18-28(19-27)51-23-45-35-36(43-22-44-37(35)51)42-20-25-10-14-49(15-11-25)21-26-12-16-50(17-13-26)31-7-3-5-29-34(31)41(57)52(40(29)56)32-8-9-33(53)48-39(32)55/h2-7,22-23,25-28,32H,8-21H2,1H3,(H,47,54)(H,42,43,44)(H,48,53,55)/t27?,28?,32-/m1/s1. The van der Waals surface area contributed by atoms with Crippen molar-refractivity contribution in [3.63, 3.8) is 0 Å². The van der Waals surface area contributed by atoms with Gasteiger partial charge in [0.15, 0.2) is 11.5 Å². The van der Waals surface area contributed by atoms with E-state index in [1.165, 1.54) is 0 Å². The van der Waals surface area contributed by atoms with Gasteiger partial charge in [0.2, 0.25) is 11.8 Å². The molecular formula is C41H47N11O5. The second-order valence-corrected chi connectivity index (χ2v) is 16.2. The lowest BCUT2D eigenvalue weighted by molar-refractivity contribution is -0.136. The first-order chi connectivity index (χ1) is 27.7. The normalized spacial score (nSPS) is 23.4. The highest BCUT2D eigenvalue weighted by atomic mass is 16.2. The van der Waals surface area contributed by atoms with Crippen molar-refractivity contribution in [2.24, 2.45) is 11.8 Å². The number of fused-ring (bicyclic) bond motifs is 2. The van der Waals surface area contributed by atoms with Crippen molar-refractivity contribution in [2.45, 2.75) is 76.4 Å². The maximum Gasteiger partial charge on any atom is 0.270 e. The number of rotatable bonds is 10. The van der Waals surface area contributed by atoms with Crippen molar-refractivity contribution < 1.29 is 24.0 Å². The van der Waals surface area contributed by atoms with E-state index in [0.29, 0.717) is 28.7 Å². The number of likely N-dealkylation sites (tertiary alicyclic amines) is 1. The van der Waals surface area contributed by atoms with E-state index >= 15 is 0 Å². The molecule has 296 valence electrons. The zero-order valence-electron chi connectivity index (χ0n) is 32.0. The Morgan fingerprint density at radius 1 is 0.877 bits per heavy atom. The zero-order valence-corrected chi connectivity index (χ0v) is 32.0. The number of carbonyl (C=O) groups excluding carboxylic acids is 5. The van der Waals surface area contributed by atoms with Crippen LogP contribution >= 0.6 is 0 Å². The van der Waals surface area contributed by atoms with Gasteiger partial charge < -0.3 is 25.0 Å². The van der Waals surface area contributed by atoms with E-state index in [4.69, 9.17) is 0 Å². The predicted molar refractivity (Wildman–Crippen MR) is 210 cm³/mol. The summed E-state index contributed by atoms with van der Waals surface area (Å²) in [6.45, 7) is 7.39. The molecule has 16 nitrogen and oxygen atoms in total. The number of benzene rings is 1. The van der Waals surface area contributed by atoms with Crippen molar-refractivity contribution in [2.75, 3.05) is 49.5 Å². The van der Waals surface area contributed by atoms with Crippen LogP contribution in [0.1, 0.15) is 94.3 Å². The van der Waals surface area contributed by atoms with Gasteiger partial charge in [-0.3, -0.25) is 34.2 Å². The van der Waals surface area contributed by atoms with Crippen LogP contribution in [0.15, 0.2) is 49.1 Å². The van der Waals surface area contributed by atoms with Crippen LogP contribution in [0.25, 0.3) is 11.2 Å². The number of pyridine rings is 1. The highest BCUT2D eigenvalue weighted by molar-refractivity contribution is 6.25. The van der Waals surface area contributed by atoms with Gasteiger partial charge in [0.25, 0.3) is 17.7 Å². The molecule has 5 aliphatic rings. The lowest BCUT2D eigenvalue weighted by atomic mass is 9.86. The number of imidazole rings is 1. The van der Waals surface area contributed by atoms with Crippen molar-refractivity contribution in [3.8, 4) is 0 Å². The smallest absolute Gasteiger partial charge is 0.270 e. The van der Waals surface area contributed by atoms with E-state index < -0.39 is 23.8 Å². The fourth-order valence-corrected chi connectivity index (χ4v) is 9.21. The van der Waals surface area contributed by atoms with Gasteiger partial charge in [0, 0.05) is 50.4 Å². The molecule has 9 rings (SSSR count). The third-order valence-corrected chi connectivity index (χ3v) is 12.5. The topological polar surface area (TPSA) is 188 Å². The molecule has 3 saturated heterocycles. The molecule has 1 saturated carbocycles. The number of piperidine rings is 3. The Hall–Kier alpha value is -5.77. The second-order valence-electron chi connectivity index (χ2n) is 16.2. The van der Waals surface area contributed by atoms with Crippen molar-refractivity contribution >= 4 is 52.2 Å². The quantitative estimate of drug-likeness (QED) is 0.200. The first kappa shape index (κ1) is 36.8. The Labute approximate surface area is 329 Å². The van der Waals surface area contributed by atoms with Crippen LogP contribution < -0.4 is 20.9 Å². The summed E-state index contributed by atoms with van der Waals surface area (Å²) in [4.78, 5) is 87.8. The minimum absolute atomic E-state index is 0.0807. The van der Waals surface area contributed by atoms with E-state index in [1.54, 1.807) is 24.5 Å². The van der Waals surface area contributed by atoms with Gasteiger partial charge in [-0.25, -0.2) is 19.9 Å². The first-order valence-electron chi connectivity index (χ1n) is 20.2. The summed E-state index contributed by atoms with van der Waals surface area (Å²) in [5.74, 6) is -0.240. The molecule has 3 aromatic heterocycles. The Morgan fingerprint density at radius 2 is 1.65 bits per heavy atom. The molecule has 0 spiro atoms. The first-order valence-corrected chi connectivity index (χ1v) is 20.2. The lowest BCUT2D eigenvalue weighted by Gasteiger charge is -2.38. The molecule has 1 aromatic carbocycles. The molecule has 0 bridgehead atoms. The number of amides is 5. The van der Waals surface area contributed by atoms with Gasteiger partial charge >= 0.3 is 0 Å². The number of nitrogens with one attached hydrogen (secondary N) is 3. The summed E-state index contributed by atoms with van der Waals surface area (Å²) in [6, 6.07) is 10.1. The number of hydrogen-bond acceptors (Lipinski definition) is 12. The van der Waals surface area contributed by atoms with Gasteiger partial charge in [0.1, 0.15) is 23.6 Å². The number of aryl methyl sites for hydroxylation is 1. The maximum absolute atomic E-state index is 13.6. The van der Waals surface area contributed by atoms with E-state index in [9.17, 15) is 24.0 Å². The Bertz CT molecular complexity index is 2240. The van der Waals surface area contributed by atoms with Crippen LogP contribution in [0, 0.1) is 18.8 Å². The molecule has 57 heavy (non-hydrogen) atoms. The number of aromatic nitrogens is 5. The van der Waals surface area contributed by atoms with Gasteiger partial charge in [-0.1, -0.05) is 12.1 Å². The SMILES string of the molecule is Cc1cccc(C(=O)NC2CC(n3cnc4c(NCC5CCN(CC6CCN(c7cccc8c7C(=O)N([C@@H]7CCC(=O)NC7=O)C8=O)CC6)CC5)ncnc43)C2)n1. The molecule has 7 heterocycles. The molecule has 16 heteroatoms. The Balaban J connectivity index is 0.729. The van der Waals surface area contributed by atoms with Gasteiger partial charge in [-0.15, -0.1) is 0 Å². The number of anilines is 2. The summed E-state index contributed by atoms with van der Waals surface area (Å²) in [6.07, 6.45) is 9.44. The van der Waals surface area contributed by atoms with Crippen molar-refractivity contribution in [3.05, 3.63) is 71.6 Å². The zero-order chi connectivity index (χ0) is 39.2. The van der Waals surface area contributed by atoms with E-state index in [1.807, 2.05) is 31.5 Å². The molecule has 0 unspecified atom stereocenters. The van der Waals surface area contributed by atoms with E-state index in [0.717, 1.165) is 111 Å². The largest absolute Gasteiger partial charge is 0.371 e. The number of carbonyl (C=O) groups is 5. The number of imide groups is 2. The molecule has 0 radical (unpaired) electrons. The summed E-state index contributed by atoms with van der Waals surface area (Å²) in [5, 5.41) is 8.94. The monoisotopic (exact) mass is 773 g/mol. The van der Waals surface area contributed by atoms with E-state index in [2.05, 4.69) is 50.3 Å². The van der Waals surface area contributed by atoms with Crippen LogP contribution in [0.4, 0.5) is 11.5 Å². The fraction of sp³-hybridized carbons (Fsp3) is 0.488. The number of nitrogens with zero attached hydrogens (tertiary/aromatic N) is 8. The fourth-order valence-electron chi connectivity index (χ4n) is 9.21. The molecule has 3 N–H and O–H groups in total. The van der Waals surface area contributed by atoms with Crippen molar-refractivity contribution in [1.29, 1.82) is 0 Å². The third kappa shape index (κ3) is 7.22. The van der Waals surface area contributed by atoms with Crippen LogP contribution in [0.2, 0.25) is 0 Å². The van der Waals surface area contributed by atoms with Crippen LogP contribution in [-0.4, -0.2) is 115 Å². The van der Waals surface area contributed by atoms with Gasteiger partial charge in [-0.05, 0) is 101 Å². The van der Waals surface area contributed by atoms with Crippen molar-refractivity contribution in [1.82, 2.24) is 44.9 Å². The van der Waals surface area contributed by atoms with Crippen LogP contribution in [0.5, 0.6) is 0 Å². The molecule has 1 atom stereocenters. The Kier molecular flexibility index (Phi) is 9.88. The number of hydrogen-bond donors (Lipinski definition) is 3. The highest BCUT2D eigenvalue weighted by Gasteiger charge is 2.46. The molecule has 1 aliphatic carbocycles. The summed E-state index contributed by atoms with van der Waals surface area (Å²) >= 11 is 0. The third-order valence-electron chi connectivity index (χ3n) is 12.5. The molecule has 4 aliphatic heterocycles. The second kappa shape index (κ2) is 15.3. The summed E-state index contributed by atoms with van der Waals surface area (Å²) < 4.78 is 2.10. The lowest BCUT2D eigenvalue weighted by Crippen LogP contribution is -2.54. The highest BCUT2D eigenvalue weighted by Crippen LogP contribution is 2.37. The Morgan fingerprint density at radius 3 is 2.42 bits per heavy atom. The van der Waals surface area contributed by atoms with Crippen LogP contribution in [-0.2, 0) is 9.59 Å². The van der Waals surface area contributed by atoms with E-state index in [-0.39, 0.29) is 36.7 Å². The summed E-state index contributed by atoms with van der Waals surface area (Å²) in [7, 11) is 0. The maximum atomic E-state index is 13.6. The molecular weight excluding hydrogens is 727 g/mol. The van der Waals surface area contributed by atoms with Gasteiger partial charge in [-0.2, -0.15) is 0 Å². The average molecular weight is 774 g/mol. The average Bonchev–Trinajstić information content (AvgIpc) is 3.74. The van der Waals surface area contributed by atoms with Gasteiger partial charge in [0.05, 0.1) is 23.1 Å². The molecule has 5 amide bonds. The summed E-state index contributed by atoms with van der Waals surface area (Å²) in [5.41, 5.74) is 4.25. The van der Waals surface area contributed by atoms with Crippen LogP contribution in [0.3, 0.4) is 0 Å².